The van der Waals surface area contributed by atoms with E-state index in [-0.39, 0.29) is 41.4 Å². The summed E-state index contributed by atoms with van der Waals surface area (Å²) in [5, 5.41) is 0. The molecule has 0 aromatic heterocycles. The van der Waals surface area contributed by atoms with Crippen LogP contribution in [0.25, 0.3) is 5.57 Å². The molecule has 1 saturated carbocycles. The molecule has 2 heterocycles. The number of nitrogens with zero attached hydrogens (tertiary/aromatic N) is 2. The molecule has 3 aromatic rings. The van der Waals surface area contributed by atoms with E-state index in [1.54, 1.807) is 24.3 Å². The van der Waals surface area contributed by atoms with Crippen molar-refractivity contribution < 1.29 is 19.2 Å². The third kappa shape index (κ3) is 3.54. The van der Waals surface area contributed by atoms with Crippen molar-refractivity contribution in [1.29, 1.82) is 0 Å². The van der Waals surface area contributed by atoms with Crippen LogP contribution < -0.4 is 9.80 Å². The van der Waals surface area contributed by atoms with E-state index in [0.29, 0.717) is 17.8 Å². The summed E-state index contributed by atoms with van der Waals surface area (Å²) >= 11 is 6.88. The van der Waals surface area contributed by atoms with Crippen molar-refractivity contribution in [3.63, 3.8) is 0 Å². The minimum Gasteiger partial charge on any atom is -0.274 e. The minimum atomic E-state index is -0.591. The molecule has 0 radical (unpaired) electrons. The molecule has 8 heteroatoms. The molecule has 0 N–H and O–H groups in total. The van der Waals surface area contributed by atoms with Gasteiger partial charge in [0.25, 0.3) is 0 Å². The molecule has 6 aliphatic rings. The number of amides is 4. The molecule has 2 saturated heterocycles. The van der Waals surface area contributed by atoms with Crippen LogP contribution in [0.2, 0.25) is 0 Å². The minimum absolute atomic E-state index is 0.197. The lowest BCUT2D eigenvalue weighted by molar-refractivity contribution is -0.129. The zero-order chi connectivity index (χ0) is 28.9. The van der Waals surface area contributed by atoms with E-state index in [4.69, 9.17) is 0 Å². The van der Waals surface area contributed by atoms with Gasteiger partial charge in [-0.05, 0) is 72.0 Å². The highest BCUT2D eigenvalue weighted by Crippen LogP contribution is 2.63. The number of allylic oxidation sites excluding steroid dienone is 4. The average Bonchev–Trinajstić information content (AvgIpc) is 3.43. The molecule has 208 valence electrons. The number of imide groups is 2. The van der Waals surface area contributed by atoms with Crippen LogP contribution in [0.15, 0.2) is 106 Å². The lowest BCUT2D eigenvalue weighted by Crippen LogP contribution is -2.51. The number of carbonyl (C=O) groups is 4. The fraction of sp³-hybridized carbons (Fsp3) is 0.235. The number of hydrogen-bond acceptors (Lipinski definition) is 4. The van der Waals surface area contributed by atoms with Gasteiger partial charge < -0.3 is 0 Å². The van der Waals surface area contributed by atoms with Crippen molar-refractivity contribution in [2.45, 2.75) is 6.42 Å². The Kier molecular flexibility index (Phi) is 5.86. The van der Waals surface area contributed by atoms with Crippen LogP contribution in [0, 0.1) is 41.4 Å². The number of halogens is 2. The smallest absolute Gasteiger partial charge is 0.238 e. The first kappa shape index (κ1) is 26.0. The van der Waals surface area contributed by atoms with E-state index >= 15 is 0 Å². The Labute approximate surface area is 259 Å². The highest BCUT2D eigenvalue weighted by atomic mass is 79.9. The van der Waals surface area contributed by atoms with Gasteiger partial charge in [-0.15, -0.1) is 0 Å². The van der Waals surface area contributed by atoms with Crippen molar-refractivity contribution >= 4 is 72.4 Å². The fourth-order valence-corrected chi connectivity index (χ4v) is 8.73. The van der Waals surface area contributed by atoms with Crippen LogP contribution >= 0.6 is 31.9 Å². The van der Waals surface area contributed by atoms with Gasteiger partial charge in [0.2, 0.25) is 23.6 Å². The second-order valence-corrected chi connectivity index (χ2v) is 13.5. The second kappa shape index (κ2) is 9.44. The van der Waals surface area contributed by atoms with E-state index in [1.165, 1.54) is 9.80 Å². The molecule has 0 spiro atoms. The number of benzene rings is 3. The Bertz CT molecular complexity index is 1750. The van der Waals surface area contributed by atoms with Crippen LogP contribution in [-0.4, -0.2) is 23.6 Å². The Hall–Kier alpha value is -3.62. The van der Waals surface area contributed by atoms with Gasteiger partial charge in [-0.2, -0.15) is 0 Å². The summed E-state index contributed by atoms with van der Waals surface area (Å²) in [5.74, 6) is -4.10. The molecule has 3 aromatic carbocycles. The molecule has 42 heavy (non-hydrogen) atoms. The fourth-order valence-electron chi connectivity index (χ4n) is 8.21. The summed E-state index contributed by atoms with van der Waals surface area (Å²) in [5.41, 5.74) is 4.17. The summed E-state index contributed by atoms with van der Waals surface area (Å²) in [6.45, 7) is 0. The monoisotopic (exact) mass is 682 g/mol. The lowest BCUT2D eigenvalue weighted by Gasteiger charge is -2.51. The lowest BCUT2D eigenvalue weighted by atomic mass is 9.49. The number of carbonyl (C=O) groups excluding carboxylic acids is 4. The first-order valence-electron chi connectivity index (χ1n) is 14.1. The van der Waals surface area contributed by atoms with E-state index in [9.17, 15) is 19.2 Å². The van der Waals surface area contributed by atoms with Gasteiger partial charge in [-0.25, -0.2) is 0 Å². The normalized spacial score (nSPS) is 31.1. The summed E-state index contributed by atoms with van der Waals surface area (Å²) in [6.07, 6.45) is 4.54. The highest BCUT2D eigenvalue weighted by molar-refractivity contribution is 9.10. The maximum absolute atomic E-state index is 14.2. The maximum Gasteiger partial charge on any atom is 0.238 e. The number of hydrogen-bond donors (Lipinski definition) is 0. The van der Waals surface area contributed by atoms with E-state index in [0.717, 1.165) is 25.7 Å². The van der Waals surface area contributed by atoms with Crippen LogP contribution in [-0.2, 0) is 19.2 Å². The summed E-state index contributed by atoms with van der Waals surface area (Å²) in [6, 6.07) is 24.4. The predicted molar refractivity (Wildman–Crippen MR) is 165 cm³/mol. The van der Waals surface area contributed by atoms with E-state index < -0.39 is 23.7 Å². The maximum atomic E-state index is 14.2. The quantitative estimate of drug-likeness (QED) is 0.236. The van der Waals surface area contributed by atoms with Gasteiger partial charge in [0, 0.05) is 20.8 Å². The van der Waals surface area contributed by atoms with Gasteiger partial charge in [0.05, 0.1) is 35.0 Å². The zero-order valence-electron chi connectivity index (χ0n) is 22.2. The molecule has 6 nitrogen and oxygen atoms in total. The highest BCUT2D eigenvalue weighted by Gasteiger charge is 2.67. The number of fused-ring (bicyclic) bond motifs is 1. The van der Waals surface area contributed by atoms with Crippen LogP contribution in [0.5, 0.6) is 0 Å². The topological polar surface area (TPSA) is 74.8 Å². The van der Waals surface area contributed by atoms with Gasteiger partial charge in [0.15, 0.2) is 0 Å². The first-order chi connectivity index (χ1) is 20.3. The third-order valence-corrected chi connectivity index (χ3v) is 10.9. The molecule has 4 aliphatic carbocycles. The molecular weight excluding hydrogens is 660 g/mol. The summed E-state index contributed by atoms with van der Waals surface area (Å²) < 4.78 is 1.72. The largest absolute Gasteiger partial charge is 0.274 e. The van der Waals surface area contributed by atoms with Crippen LogP contribution in [0.3, 0.4) is 0 Å². The molecule has 2 bridgehead atoms. The van der Waals surface area contributed by atoms with Crippen LogP contribution in [0.4, 0.5) is 11.4 Å². The SMILES string of the molecule is O=C1[C@@H]2[C@H]3C=C[C@H](C4=C(c5ccccc5)C[C@H]5C(=O)N(c6ccc(Br)cc6)C(=O)[C@@H]5[C@H]43)[C@H]2C(=O)N1c1ccc(Br)cc1. The molecular formula is C34H24Br2N2O4. The Morgan fingerprint density at radius 3 is 1.74 bits per heavy atom. The third-order valence-electron chi connectivity index (χ3n) is 9.80. The van der Waals surface area contributed by atoms with E-state index in [1.807, 2.05) is 60.7 Å². The molecule has 9 rings (SSSR count). The van der Waals surface area contributed by atoms with Gasteiger partial charge in [0.1, 0.15) is 0 Å². The second-order valence-electron chi connectivity index (χ2n) is 11.7. The van der Waals surface area contributed by atoms with Crippen molar-refractivity contribution in [2.75, 3.05) is 9.80 Å². The van der Waals surface area contributed by atoms with Crippen molar-refractivity contribution in [3.8, 4) is 0 Å². The first-order valence-corrected chi connectivity index (χ1v) is 15.7. The Morgan fingerprint density at radius 1 is 0.571 bits per heavy atom. The summed E-state index contributed by atoms with van der Waals surface area (Å²) in [4.78, 5) is 59.1. The van der Waals surface area contributed by atoms with Gasteiger partial charge >= 0.3 is 0 Å². The van der Waals surface area contributed by atoms with E-state index in [2.05, 4.69) is 37.9 Å². The Morgan fingerprint density at radius 2 is 1.12 bits per heavy atom. The average molecular weight is 684 g/mol. The molecule has 2 aliphatic heterocycles. The van der Waals surface area contributed by atoms with Gasteiger partial charge in [-0.3, -0.25) is 29.0 Å². The summed E-state index contributed by atoms with van der Waals surface area (Å²) in [7, 11) is 0. The molecule has 7 atom stereocenters. The predicted octanol–water partition coefficient (Wildman–Crippen LogP) is 6.41. The molecule has 0 unspecified atom stereocenters. The number of rotatable bonds is 3. The standard InChI is InChI=1S/C34H24Br2N2O4/c35-18-6-10-20(11-7-18)37-31(39)25-16-24(17-4-2-1-3-5-17)26-22-14-15-23(27(26)30(25)34(37)42)29-28(22)32(40)38(33(29)41)21-12-8-19(36)9-13-21/h1-15,22-23,25,27-30H,16H2/t22-,23+,25-,27+,28-,29-,30+/m1/s1. The zero-order valence-corrected chi connectivity index (χ0v) is 25.4. The van der Waals surface area contributed by atoms with Gasteiger partial charge in [-0.1, -0.05) is 79.9 Å². The van der Waals surface area contributed by atoms with Crippen molar-refractivity contribution in [2.24, 2.45) is 41.4 Å². The van der Waals surface area contributed by atoms with Crippen LogP contribution in [0.1, 0.15) is 12.0 Å². The van der Waals surface area contributed by atoms with Crippen molar-refractivity contribution in [3.05, 3.63) is 111 Å². The molecule has 3 fully saturated rings. The number of anilines is 2. The van der Waals surface area contributed by atoms with Crippen molar-refractivity contribution in [1.82, 2.24) is 0 Å². The molecule has 4 amide bonds. The Balaban J connectivity index is 1.28.